The second-order valence-electron chi connectivity index (χ2n) is 5.34. The fourth-order valence-corrected chi connectivity index (χ4v) is 2.50. The molecular formula is C15H11N7O4S. The molecular weight excluding hydrogens is 374 g/mol. The number of nitrogens with one attached hydrogen (secondary N) is 1. The number of hydrogen-bond acceptors (Lipinski definition) is 8. The SMILES string of the molecule is O=[N+]([O-])c1cnn(Cc2ccc(/C=N/n3c(-c4ccco4)n[nH]c3=S)o2)c1. The second kappa shape index (κ2) is 6.84. The van der Waals surface area contributed by atoms with Crippen molar-refractivity contribution in [2.75, 3.05) is 0 Å². The summed E-state index contributed by atoms with van der Waals surface area (Å²) < 4.78 is 14.1. The number of furan rings is 2. The summed E-state index contributed by atoms with van der Waals surface area (Å²) in [6.45, 7) is 0.254. The van der Waals surface area contributed by atoms with Crippen molar-refractivity contribution in [1.29, 1.82) is 0 Å². The van der Waals surface area contributed by atoms with Gasteiger partial charge in [-0.1, -0.05) is 0 Å². The van der Waals surface area contributed by atoms with E-state index in [1.165, 1.54) is 34.2 Å². The van der Waals surface area contributed by atoms with Gasteiger partial charge in [0.15, 0.2) is 5.76 Å². The van der Waals surface area contributed by atoms with Crippen molar-refractivity contribution in [2.24, 2.45) is 5.10 Å². The Morgan fingerprint density at radius 3 is 3.04 bits per heavy atom. The van der Waals surface area contributed by atoms with Crippen LogP contribution in [0.1, 0.15) is 11.5 Å². The Kier molecular flexibility index (Phi) is 4.22. The number of aromatic amines is 1. The number of nitro groups is 1. The predicted molar refractivity (Wildman–Crippen MR) is 94.8 cm³/mol. The average molecular weight is 385 g/mol. The maximum atomic E-state index is 10.7. The first-order valence-corrected chi connectivity index (χ1v) is 8.02. The fourth-order valence-electron chi connectivity index (χ4n) is 2.32. The number of hydrogen-bond donors (Lipinski definition) is 1. The lowest BCUT2D eigenvalue weighted by Crippen LogP contribution is -1.98. The van der Waals surface area contributed by atoms with Gasteiger partial charge >= 0.3 is 5.69 Å². The molecule has 0 aliphatic heterocycles. The quantitative estimate of drug-likeness (QED) is 0.233. The third kappa shape index (κ3) is 3.46. The Hall–Kier alpha value is -3.80. The molecule has 4 rings (SSSR count). The molecule has 0 aliphatic rings. The molecule has 0 radical (unpaired) electrons. The summed E-state index contributed by atoms with van der Waals surface area (Å²) in [5.74, 6) is 1.98. The van der Waals surface area contributed by atoms with Gasteiger partial charge in [-0.3, -0.25) is 14.8 Å². The molecule has 4 heterocycles. The van der Waals surface area contributed by atoms with Gasteiger partial charge in [-0.2, -0.15) is 14.9 Å². The molecule has 0 saturated carbocycles. The van der Waals surface area contributed by atoms with Crippen molar-refractivity contribution in [3.8, 4) is 11.6 Å². The Morgan fingerprint density at radius 1 is 1.41 bits per heavy atom. The molecule has 0 bridgehead atoms. The molecule has 0 amide bonds. The lowest BCUT2D eigenvalue weighted by Gasteiger charge is -1.97. The lowest BCUT2D eigenvalue weighted by atomic mass is 10.4. The normalized spacial score (nSPS) is 11.4. The highest BCUT2D eigenvalue weighted by Crippen LogP contribution is 2.17. The third-order valence-electron chi connectivity index (χ3n) is 3.52. The van der Waals surface area contributed by atoms with Crippen LogP contribution in [0.25, 0.3) is 11.6 Å². The Bertz CT molecular complexity index is 1170. The van der Waals surface area contributed by atoms with Gasteiger partial charge in [-0.25, -0.2) is 5.10 Å². The summed E-state index contributed by atoms with van der Waals surface area (Å²) in [4.78, 5) is 10.2. The van der Waals surface area contributed by atoms with Gasteiger partial charge in [-0.15, -0.1) is 5.10 Å². The highest BCUT2D eigenvalue weighted by molar-refractivity contribution is 7.71. The minimum atomic E-state index is -0.505. The maximum Gasteiger partial charge on any atom is 0.307 e. The van der Waals surface area contributed by atoms with E-state index in [0.29, 0.717) is 27.9 Å². The second-order valence-corrected chi connectivity index (χ2v) is 5.73. The Morgan fingerprint density at radius 2 is 2.30 bits per heavy atom. The van der Waals surface area contributed by atoms with Crippen LogP contribution >= 0.6 is 12.2 Å². The molecule has 0 aliphatic carbocycles. The largest absolute Gasteiger partial charge is 0.461 e. The van der Waals surface area contributed by atoms with Crippen LogP contribution in [0.2, 0.25) is 0 Å². The number of H-pyrrole nitrogens is 1. The topological polar surface area (TPSA) is 133 Å². The average Bonchev–Trinajstić information content (AvgIpc) is 3.41. The molecule has 0 unspecified atom stereocenters. The van der Waals surface area contributed by atoms with E-state index in [-0.39, 0.29) is 12.2 Å². The highest BCUT2D eigenvalue weighted by Gasteiger charge is 2.12. The maximum absolute atomic E-state index is 10.7. The van der Waals surface area contributed by atoms with Crippen LogP contribution in [-0.2, 0) is 6.54 Å². The molecule has 1 N–H and O–H groups in total. The van der Waals surface area contributed by atoms with Crippen molar-refractivity contribution >= 4 is 24.1 Å². The Labute approximate surface area is 155 Å². The summed E-state index contributed by atoms with van der Waals surface area (Å²) in [5, 5.41) is 25.6. The standard InChI is InChI=1S/C15H11N7O4S/c23-22(24)10-6-16-20(8-10)9-12-4-3-11(26-12)7-17-21-14(18-19-15(21)27)13-2-1-5-25-13/h1-8H,9H2,(H,19,27)/b17-7+. The van der Waals surface area contributed by atoms with Gasteiger partial charge in [0, 0.05) is 0 Å². The smallest absolute Gasteiger partial charge is 0.307 e. The molecule has 0 fully saturated rings. The highest BCUT2D eigenvalue weighted by atomic mass is 32.1. The van der Waals surface area contributed by atoms with Crippen molar-refractivity contribution < 1.29 is 13.8 Å². The van der Waals surface area contributed by atoms with Gasteiger partial charge in [-0.05, 0) is 36.5 Å². The summed E-state index contributed by atoms with van der Waals surface area (Å²) in [5.41, 5.74) is -0.0804. The third-order valence-corrected chi connectivity index (χ3v) is 3.79. The molecule has 0 aromatic carbocycles. The molecule has 4 aromatic rings. The van der Waals surface area contributed by atoms with Crippen LogP contribution in [-0.4, -0.2) is 35.8 Å². The predicted octanol–water partition coefficient (Wildman–Crippen LogP) is 2.83. The van der Waals surface area contributed by atoms with E-state index >= 15 is 0 Å². The van der Waals surface area contributed by atoms with Crippen LogP contribution in [0.4, 0.5) is 5.69 Å². The first kappa shape index (κ1) is 16.7. The van der Waals surface area contributed by atoms with Crippen LogP contribution in [0, 0.1) is 14.9 Å². The van der Waals surface area contributed by atoms with Crippen molar-refractivity contribution in [1.82, 2.24) is 24.7 Å². The van der Waals surface area contributed by atoms with E-state index in [1.54, 1.807) is 24.3 Å². The lowest BCUT2D eigenvalue weighted by molar-refractivity contribution is -0.385. The first-order valence-electron chi connectivity index (χ1n) is 7.61. The van der Waals surface area contributed by atoms with E-state index in [9.17, 15) is 10.1 Å². The molecule has 12 heteroatoms. The molecule has 4 aromatic heterocycles. The van der Waals surface area contributed by atoms with Crippen molar-refractivity contribution in [2.45, 2.75) is 6.54 Å². The van der Waals surface area contributed by atoms with Gasteiger partial charge in [0.2, 0.25) is 10.6 Å². The molecule has 11 nitrogen and oxygen atoms in total. The van der Waals surface area contributed by atoms with Gasteiger partial charge in [0.1, 0.15) is 23.9 Å². The van der Waals surface area contributed by atoms with Crippen LogP contribution < -0.4 is 0 Å². The van der Waals surface area contributed by atoms with E-state index in [0.717, 1.165) is 0 Å². The number of rotatable bonds is 6. The minimum Gasteiger partial charge on any atom is -0.461 e. The monoisotopic (exact) mass is 385 g/mol. The van der Waals surface area contributed by atoms with E-state index in [4.69, 9.17) is 21.1 Å². The summed E-state index contributed by atoms with van der Waals surface area (Å²) in [6, 6.07) is 6.93. The zero-order valence-electron chi connectivity index (χ0n) is 13.6. The summed E-state index contributed by atoms with van der Waals surface area (Å²) in [6.07, 6.45) is 5.52. The summed E-state index contributed by atoms with van der Waals surface area (Å²) >= 11 is 5.17. The van der Waals surface area contributed by atoms with E-state index in [1.807, 2.05) is 0 Å². The molecule has 136 valence electrons. The van der Waals surface area contributed by atoms with Gasteiger partial charge in [0.05, 0.1) is 23.9 Å². The van der Waals surface area contributed by atoms with Crippen molar-refractivity contribution in [3.63, 3.8) is 0 Å². The minimum absolute atomic E-state index is 0.0804. The van der Waals surface area contributed by atoms with Crippen LogP contribution in [0.15, 0.2) is 56.9 Å². The Balaban J connectivity index is 1.52. The first-order chi connectivity index (χ1) is 13.1. The number of aromatic nitrogens is 5. The van der Waals surface area contributed by atoms with Crippen LogP contribution in [0.3, 0.4) is 0 Å². The van der Waals surface area contributed by atoms with Crippen LogP contribution in [0.5, 0.6) is 0 Å². The zero-order valence-corrected chi connectivity index (χ0v) is 14.4. The molecule has 0 atom stereocenters. The van der Waals surface area contributed by atoms with Gasteiger partial charge in [0.25, 0.3) is 0 Å². The molecule has 0 spiro atoms. The van der Waals surface area contributed by atoms with Crippen molar-refractivity contribution in [3.05, 3.63) is 69.3 Å². The van der Waals surface area contributed by atoms with E-state index in [2.05, 4.69) is 20.4 Å². The molecule has 27 heavy (non-hydrogen) atoms. The summed E-state index contributed by atoms with van der Waals surface area (Å²) in [7, 11) is 0. The molecule has 0 saturated heterocycles. The van der Waals surface area contributed by atoms with E-state index < -0.39 is 4.92 Å². The van der Waals surface area contributed by atoms with Gasteiger partial charge < -0.3 is 8.83 Å². The fraction of sp³-hybridized carbons (Fsp3) is 0.0667. The zero-order chi connectivity index (χ0) is 18.8. The number of nitrogens with zero attached hydrogens (tertiary/aromatic N) is 6.